The van der Waals surface area contributed by atoms with E-state index in [4.69, 9.17) is 5.14 Å². The van der Waals surface area contributed by atoms with Crippen LogP contribution in [0.2, 0.25) is 0 Å². The molecule has 0 fully saturated rings. The van der Waals surface area contributed by atoms with Gasteiger partial charge in [0.15, 0.2) is 0 Å². The van der Waals surface area contributed by atoms with E-state index in [0.29, 0.717) is 5.69 Å². The van der Waals surface area contributed by atoms with Gasteiger partial charge in [0.2, 0.25) is 15.9 Å². The highest BCUT2D eigenvalue weighted by Gasteiger charge is 2.15. The number of carbonyl (C=O) groups is 1. The highest BCUT2D eigenvalue weighted by atomic mass is 32.2. The van der Waals surface area contributed by atoms with Crippen LogP contribution in [-0.4, -0.2) is 19.6 Å². The maximum absolute atomic E-state index is 12.2. The Kier molecular flexibility index (Phi) is 6.04. The summed E-state index contributed by atoms with van der Waals surface area (Å²) in [7, 11) is -3.72. The number of carbonyl (C=O) groups excluding carboxylic acids is 1. The van der Waals surface area contributed by atoms with E-state index in [-0.39, 0.29) is 16.1 Å². The molecule has 0 aliphatic rings. The van der Waals surface area contributed by atoms with Crippen molar-refractivity contribution in [2.45, 2.75) is 29.7 Å². The molecule has 24 heavy (non-hydrogen) atoms. The zero-order valence-corrected chi connectivity index (χ0v) is 15.2. The molecule has 2 rings (SSSR count). The van der Waals surface area contributed by atoms with E-state index in [1.807, 2.05) is 32.0 Å². The molecular weight excluding hydrogens is 344 g/mol. The van der Waals surface area contributed by atoms with Gasteiger partial charge in [-0.25, -0.2) is 13.6 Å². The lowest BCUT2D eigenvalue weighted by atomic mass is 10.1. The van der Waals surface area contributed by atoms with Gasteiger partial charge in [0.05, 0.1) is 10.1 Å². The predicted octanol–water partition coefficient (Wildman–Crippen LogP) is 2.90. The SMILES string of the molecule is Cc1ccccc1CS[C@H](C)C(=O)Nc1ccc(S(N)(=O)=O)cc1. The lowest BCUT2D eigenvalue weighted by Crippen LogP contribution is -2.22. The summed E-state index contributed by atoms with van der Waals surface area (Å²) in [5, 5.41) is 7.59. The van der Waals surface area contributed by atoms with E-state index in [1.54, 1.807) is 11.8 Å². The molecule has 5 nitrogen and oxygen atoms in total. The average Bonchev–Trinajstić information content (AvgIpc) is 2.53. The number of hydrogen-bond acceptors (Lipinski definition) is 4. The van der Waals surface area contributed by atoms with Crippen molar-refractivity contribution in [1.82, 2.24) is 0 Å². The average molecular weight is 364 g/mol. The van der Waals surface area contributed by atoms with Crippen molar-refractivity contribution in [1.29, 1.82) is 0 Å². The zero-order valence-electron chi connectivity index (χ0n) is 13.5. The Bertz CT molecular complexity index is 818. The van der Waals surface area contributed by atoms with Crippen molar-refractivity contribution < 1.29 is 13.2 Å². The van der Waals surface area contributed by atoms with Crippen LogP contribution in [0.1, 0.15) is 18.1 Å². The van der Waals surface area contributed by atoms with Crippen LogP contribution in [0.5, 0.6) is 0 Å². The fourth-order valence-corrected chi connectivity index (χ4v) is 3.51. The summed E-state index contributed by atoms with van der Waals surface area (Å²) in [6, 6.07) is 13.9. The molecule has 2 aromatic carbocycles. The van der Waals surface area contributed by atoms with E-state index < -0.39 is 10.0 Å². The second-order valence-corrected chi connectivity index (χ2v) is 8.33. The highest BCUT2D eigenvalue weighted by molar-refractivity contribution is 7.99. The number of thioether (sulfide) groups is 1. The molecule has 0 spiro atoms. The molecule has 0 bridgehead atoms. The molecule has 7 heteroatoms. The number of benzene rings is 2. The predicted molar refractivity (Wildman–Crippen MR) is 98.4 cm³/mol. The molecule has 128 valence electrons. The Morgan fingerprint density at radius 1 is 1.17 bits per heavy atom. The standard InChI is InChI=1S/C17H20N2O3S2/c1-12-5-3-4-6-14(12)11-23-13(2)17(20)19-15-7-9-16(10-8-15)24(18,21)22/h3-10,13H,11H2,1-2H3,(H,19,20)(H2,18,21,22)/t13-/m1/s1. The minimum absolute atomic E-state index is 0.0162. The van der Waals surface area contributed by atoms with Gasteiger partial charge < -0.3 is 5.32 Å². The van der Waals surface area contributed by atoms with Crippen molar-refractivity contribution >= 4 is 33.4 Å². The minimum atomic E-state index is -3.72. The van der Waals surface area contributed by atoms with Gasteiger partial charge in [-0.3, -0.25) is 4.79 Å². The van der Waals surface area contributed by atoms with Crippen LogP contribution >= 0.6 is 11.8 Å². The summed E-state index contributed by atoms with van der Waals surface area (Å²) >= 11 is 1.55. The maximum atomic E-state index is 12.2. The molecule has 0 saturated carbocycles. The Labute approximate surface area is 146 Å². The zero-order chi connectivity index (χ0) is 17.7. The Hall–Kier alpha value is -1.83. The molecule has 3 N–H and O–H groups in total. The number of sulfonamides is 1. The maximum Gasteiger partial charge on any atom is 0.238 e. The van der Waals surface area contributed by atoms with E-state index in [9.17, 15) is 13.2 Å². The number of rotatable bonds is 6. The third-order valence-corrected chi connectivity index (χ3v) is 5.69. The lowest BCUT2D eigenvalue weighted by molar-refractivity contribution is -0.115. The summed E-state index contributed by atoms with van der Waals surface area (Å²) in [4.78, 5) is 12.2. The quantitative estimate of drug-likeness (QED) is 0.825. The van der Waals surface area contributed by atoms with Gasteiger partial charge in [0, 0.05) is 11.4 Å². The molecule has 0 aliphatic carbocycles. The summed E-state index contributed by atoms with van der Waals surface area (Å²) in [5.74, 6) is 0.628. The topological polar surface area (TPSA) is 89.3 Å². The Morgan fingerprint density at radius 3 is 2.38 bits per heavy atom. The second kappa shape index (κ2) is 7.83. The second-order valence-electron chi connectivity index (χ2n) is 5.44. The normalized spacial score (nSPS) is 12.6. The number of hydrogen-bond donors (Lipinski definition) is 2. The van der Waals surface area contributed by atoms with Gasteiger partial charge >= 0.3 is 0 Å². The first-order valence-corrected chi connectivity index (χ1v) is 9.97. The van der Waals surface area contributed by atoms with Crippen molar-refractivity contribution in [3.63, 3.8) is 0 Å². The van der Waals surface area contributed by atoms with E-state index in [2.05, 4.69) is 11.4 Å². The van der Waals surface area contributed by atoms with Crippen LogP contribution < -0.4 is 10.5 Å². The van der Waals surface area contributed by atoms with Gasteiger partial charge in [-0.1, -0.05) is 24.3 Å². The van der Waals surface area contributed by atoms with Crippen molar-refractivity contribution in [2.24, 2.45) is 5.14 Å². The summed E-state index contributed by atoms with van der Waals surface area (Å²) in [5.41, 5.74) is 2.95. The molecule has 0 saturated heterocycles. The number of nitrogens with one attached hydrogen (secondary N) is 1. The first-order valence-electron chi connectivity index (χ1n) is 7.37. The Morgan fingerprint density at radius 2 is 1.79 bits per heavy atom. The molecular formula is C17H20N2O3S2. The smallest absolute Gasteiger partial charge is 0.238 e. The van der Waals surface area contributed by atoms with Crippen LogP contribution in [0.25, 0.3) is 0 Å². The molecule has 0 aromatic heterocycles. The van der Waals surface area contributed by atoms with Gasteiger partial charge in [0.25, 0.3) is 0 Å². The van der Waals surface area contributed by atoms with Gasteiger partial charge in [0.1, 0.15) is 0 Å². The molecule has 0 aliphatic heterocycles. The summed E-state index contributed by atoms with van der Waals surface area (Å²) in [6.45, 7) is 3.89. The third kappa shape index (κ3) is 5.09. The van der Waals surface area contributed by atoms with Gasteiger partial charge in [-0.05, 0) is 49.2 Å². The molecule has 0 unspecified atom stereocenters. The fourth-order valence-electron chi connectivity index (χ4n) is 2.03. The molecule has 0 radical (unpaired) electrons. The largest absolute Gasteiger partial charge is 0.325 e. The molecule has 1 atom stereocenters. The molecule has 0 heterocycles. The first-order chi connectivity index (χ1) is 11.3. The van der Waals surface area contributed by atoms with Crippen molar-refractivity contribution in [2.75, 3.05) is 5.32 Å². The Balaban J connectivity index is 1.93. The number of amides is 1. The fraction of sp³-hybridized carbons (Fsp3) is 0.235. The van der Waals surface area contributed by atoms with Crippen molar-refractivity contribution in [3.05, 3.63) is 59.7 Å². The van der Waals surface area contributed by atoms with Crippen LogP contribution in [0.15, 0.2) is 53.4 Å². The third-order valence-electron chi connectivity index (χ3n) is 3.57. The molecule has 2 aromatic rings. The van der Waals surface area contributed by atoms with Gasteiger partial charge in [-0.2, -0.15) is 0 Å². The highest BCUT2D eigenvalue weighted by Crippen LogP contribution is 2.21. The lowest BCUT2D eigenvalue weighted by Gasteiger charge is -2.13. The van der Waals surface area contributed by atoms with E-state index >= 15 is 0 Å². The summed E-state index contributed by atoms with van der Waals surface area (Å²) in [6.07, 6.45) is 0. The number of nitrogens with two attached hydrogens (primary N) is 1. The number of aryl methyl sites for hydroxylation is 1. The van der Waals surface area contributed by atoms with Crippen molar-refractivity contribution in [3.8, 4) is 0 Å². The van der Waals surface area contributed by atoms with E-state index in [0.717, 1.165) is 5.75 Å². The van der Waals surface area contributed by atoms with Gasteiger partial charge in [-0.15, -0.1) is 11.8 Å². The van der Waals surface area contributed by atoms with Crippen LogP contribution in [-0.2, 0) is 20.6 Å². The number of primary sulfonamides is 1. The van der Waals surface area contributed by atoms with E-state index in [1.165, 1.54) is 35.4 Å². The minimum Gasteiger partial charge on any atom is -0.325 e. The number of anilines is 1. The molecule has 1 amide bonds. The van der Waals surface area contributed by atoms with Crippen LogP contribution in [0, 0.1) is 6.92 Å². The monoisotopic (exact) mass is 364 g/mol. The first kappa shape index (κ1) is 18.5. The summed E-state index contributed by atoms with van der Waals surface area (Å²) < 4.78 is 22.4. The van der Waals surface area contributed by atoms with Crippen LogP contribution in [0.4, 0.5) is 5.69 Å². The van der Waals surface area contributed by atoms with Crippen LogP contribution in [0.3, 0.4) is 0 Å².